The highest BCUT2D eigenvalue weighted by molar-refractivity contribution is 5.74. The van der Waals surface area contributed by atoms with Gasteiger partial charge in [-0.15, -0.1) is 0 Å². The maximum atomic E-state index is 13.1. The van der Waals surface area contributed by atoms with Crippen LogP contribution in [0.1, 0.15) is 37.7 Å². The maximum absolute atomic E-state index is 13.1. The Balaban J connectivity index is 3.21. The summed E-state index contributed by atoms with van der Waals surface area (Å²) in [6, 6.07) is -2.20. The molecule has 0 N–H and O–H groups in total. The van der Waals surface area contributed by atoms with Crippen molar-refractivity contribution < 1.29 is 49.0 Å². The zero-order chi connectivity index (χ0) is 21.2. The fourth-order valence-corrected chi connectivity index (χ4v) is 2.03. The minimum absolute atomic E-state index is 0.169. The first-order chi connectivity index (χ1) is 12.2. The fourth-order valence-electron chi connectivity index (χ4n) is 2.03. The molecule has 0 saturated heterocycles. The molecular formula is C14H13F9N2O2. The molecule has 1 unspecified atom stereocenters. The Hall–Kier alpha value is -2.21. The molecule has 0 radical (unpaired) electrons. The molecule has 0 aliphatic rings. The van der Waals surface area contributed by atoms with Gasteiger partial charge in [-0.1, -0.05) is 13.8 Å². The van der Waals surface area contributed by atoms with Crippen LogP contribution in [0.2, 0.25) is 0 Å². The van der Waals surface area contributed by atoms with Crippen molar-refractivity contribution in [2.75, 3.05) is 6.61 Å². The van der Waals surface area contributed by atoms with Crippen molar-refractivity contribution in [3.05, 3.63) is 29.4 Å². The molecule has 1 aromatic heterocycles. The van der Waals surface area contributed by atoms with E-state index in [2.05, 4.69) is 9.84 Å². The quantitative estimate of drug-likeness (QED) is 0.481. The third-order valence-corrected chi connectivity index (χ3v) is 3.22. The molecule has 0 fully saturated rings. The molecule has 0 saturated carbocycles. The minimum atomic E-state index is -5.27. The Bertz CT molecular complexity index is 700. The van der Waals surface area contributed by atoms with Gasteiger partial charge in [0.25, 0.3) is 0 Å². The molecule has 0 aliphatic carbocycles. The van der Waals surface area contributed by atoms with E-state index < -0.39 is 66.6 Å². The largest absolute Gasteiger partial charge is 0.464 e. The lowest BCUT2D eigenvalue weighted by Crippen LogP contribution is -2.31. The second kappa shape index (κ2) is 8.21. The first-order valence-corrected chi connectivity index (χ1v) is 7.26. The summed E-state index contributed by atoms with van der Waals surface area (Å²) < 4.78 is 118. The Morgan fingerprint density at radius 1 is 1.11 bits per heavy atom. The van der Waals surface area contributed by atoms with Crippen LogP contribution in [0, 0.1) is 5.92 Å². The van der Waals surface area contributed by atoms with Crippen LogP contribution in [0.25, 0.3) is 0 Å². The van der Waals surface area contributed by atoms with Gasteiger partial charge in [-0.2, -0.15) is 40.2 Å². The molecule has 0 aromatic carbocycles. The average molecular weight is 412 g/mol. The van der Waals surface area contributed by atoms with Crippen LogP contribution in [-0.4, -0.2) is 22.4 Å². The van der Waals surface area contributed by atoms with Crippen molar-refractivity contribution in [3.8, 4) is 0 Å². The van der Waals surface area contributed by atoms with Gasteiger partial charge < -0.3 is 4.74 Å². The van der Waals surface area contributed by atoms with Crippen LogP contribution in [0.5, 0.6) is 0 Å². The second-order valence-corrected chi connectivity index (χ2v) is 5.63. The molecule has 0 aliphatic heterocycles. The number of carbonyl (C=O) groups excluding carboxylic acids is 1. The molecule has 27 heavy (non-hydrogen) atoms. The third kappa shape index (κ3) is 5.89. The molecule has 0 bridgehead atoms. The number of halogens is 9. The van der Waals surface area contributed by atoms with E-state index in [0.717, 1.165) is 0 Å². The maximum Gasteiger partial charge on any atom is 0.435 e. The van der Waals surface area contributed by atoms with Gasteiger partial charge in [0.05, 0.1) is 6.61 Å². The summed E-state index contributed by atoms with van der Waals surface area (Å²) in [7, 11) is 0. The molecule has 1 rings (SSSR count). The molecule has 0 spiro atoms. The number of esters is 1. The first-order valence-electron chi connectivity index (χ1n) is 7.26. The normalized spacial score (nSPS) is 13.6. The van der Waals surface area contributed by atoms with Crippen molar-refractivity contribution in [1.29, 1.82) is 0 Å². The summed E-state index contributed by atoms with van der Waals surface area (Å²) in [5.74, 6) is -4.38. The van der Waals surface area contributed by atoms with E-state index in [1.807, 2.05) is 0 Å². The van der Waals surface area contributed by atoms with Gasteiger partial charge in [-0.05, 0) is 5.92 Å². The Labute approximate surface area is 146 Å². The fraction of sp³-hybridized carbons (Fsp3) is 0.571. The summed E-state index contributed by atoms with van der Waals surface area (Å²) in [5.41, 5.74) is -3.71. The van der Waals surface area contributed by atoms with E-state index in [1.165, 1.54) is 13.8 Å². The molecule has 1 atom stereocenters. The summed E-state index contributed by atoms with van der Waals surface area (Å²) in [6.45, 7) is 1.48. The third-order valence-electron chi connectivity index (χ3n) is 3.22. The minimum Gasteiger partial charge on any atom is -0.464 e. The first kappa shape index (κ1) is 22.8. The van der Waals surface area contributed by atoms with Crippen LogP contribution < -0.4 is 0 Å². The highest BCUT2D eigenvalue weighted by atomic mass is 19.4. The predicted octanol–water partition coefficient (Wildman–Crippen LogP) is 5.13. The predicted molar refractivity (Wildman–Crippen MR) is 72.0 cm³/mol. The Kier molecular flexibility index (Phi) is 6.94. The van der Waals surface area contributed by atoms with Gasteiger partial charge in [0.2, 0.25) is 0 Å². The van der Waals surface area contributed by atoms with E-state index in [0.29, 0.717) is 0 Å². The van der Waals surface area contributed by atoms with E-state index in [1.54, 1.807) is 0 Å². The standard InChI is InChI=1S/C14H13F9N2O2/c1-6(2)10(12(26)27-4-3-7(15)11(16)17)25-9(14(21,22)23)5-8(24-25)13(18,19)20/h5-6,10H,3-4H2,1-2H3. The number of hydrogen-bond acceptors (Lipinski definition) is 3. The lowest BCUT2D eigenvalue weighted by atomic mass is 10.0. The van der Waals surface area contributed by atoms with E-state index in [-0.39, 0.29) is 10.7 Å². The number of alkyl halides is 6. The topological polar surface area (TPSA) is 44.1 Å². The number of carbonyl (C=O) groups is 1. The van der Waals surface area contributed by atoms with Crippen molar-refractivity contribution in [2.45, 2.75) is 38.7 Å². The molecule has 4 nitrogen and oxygen atoms in total. The van der Waals surface area contributed by atoms with Crippen LogP contribution in [0.15, 0.2) is 18.0 Å². The van der Waals surface area contributed by atoms with Crippen molar-refractivity contribution in [1.82, 2.24) is 9.78 Å². The highest BCUT2D eigenvalue weighted by Gasteiger charge is 2.44. The van der Waals surface area contributed by atoms with Gasteiger partial charge in [0, 0.05) is 12.5 Å². The molecule has 0 amide bonds. The van der Waals surface area contributed by atoms with Crippen LogP contribution in [0.3, 0.4) is 0 Å². The van der Waals surface area contributed by atoms with E-state index in [4.69, 9.17) is 0 Å². The number of nitrogens with zero attached hydrogens (tertiary/aromatic N) is 2. The number of hydrogen-bond donors (Lipinski definition) is 0. The lowest BCUT2D eigenvalue weighted by molar-refractivity contribution is -0.155. The summed E-state index contributed by atoms with van der Waals surface area (Å²) in [6.07, 6.45) is -14.2. The number of aromatic nitrogens is 2. The molecule has 1 heterocycles. The average Bonchev–Trinajstić information content (AvgIpc) is 2.91. The summed E-state index contributed by atoms with van der Waals surface area (Å²) in [5, 5.41) is 2.83. The number of ether oxygens (including phenoxy) is 1. The van der Waals surface area contributed by atoms with Crippen LogP contribution in [-0.2, 0) is 21.9 Å². The van der Waals surface area contributed by atoms with E-state index in [9.17, 15) is 44.3 Å². The zero-order valence-corrected chi connectivity index (χ0v) is 13.8. The van der Waals surface area contributed by atoms with Crippen LogP contribution in [0.4, 0.5) is 39.5 Å². The smallest absolute Gasteiger partial charge is 0.435 e. The molecular weight excluding hydrogens is 399 g/mol. The van der Waals surface area contributed by atoms with Crippen molar-refractivity contribution in [2.24, 2.45) is 5.92 Å². The van der Waals surface area contributed by atoms with Gasteiger partial charge in [0.15, 0.2) is 17.6 Å². The summed E-state index contributed by atoms with van der Waals surface area (Å²) >= 11 is 0. The van der Waals surface area contributed by atoms with Gasteiger partial charge in [0.1, 0.15) is 5.69 Å². The Morgan fingerprint density at radius 3 is 2.07 bits per heavy atom. The second-order valence-electron chi connectivity index (χ2n) is 5.63. The zero-order valence-electron chi connectivity index (χ0n) is 13.8. The van der Waals surface area contributed by atoms with Crippen LogP contribution >= 0.6 is 0 Å². The molecule has 154 valence electrons. The molecule has 1 aromatic rings. The van der Waals surface area contributed by atoms with Gasteiger partial charge in [-0.3, -0.25) is 0 Å². The van der Waals surface area contributed by atoms with E-state index >= 15 is 0 Å². The van der Waals surface area contributed by atoms with Gasteiger partial charge in [-0.25, -0.2) is 13.9 Å². The Morgan fingerprint density at radius 2 is 1.67 bits per heavy atom. The lowest BCUT2D eigenvalue weighted by Gasteiger charge is -2.22. The van der Waals surface area contributed by atoms with Crippen molar-refractivity contribution >= 4 is 5.97 Å². The molecule has 13 heteroatoms. The monoisotopic (exact) mass is 412 g/mol. The SMILES string of the molecule is CC(C)C(C(=O)OCCC(F)=C(F)F)n1nc(C(F)(F)F)cc1C(F)(F)F. The van der Waals surface area contributed by atoms with Crippen molar-refractivity contribution in [3.63, 3.8) is 0 Å². The highest BCUT2D eigenvalue weighted by Crippen LogP contribution is 2.37. The number of rotatable bonds is 6. The summed E-state index contributed by atoms with van der Waals surface area (Å²) in [4.78, 5) is 12.0. The van der Waals surface area contributed by atoms with Gasteiger partial charge >= 0.3 is 24.4 Å².